The van der Waals surface area contributed by atoms with Crippen LogP contribution in [0.5, 0.6) is 5.75 Å². The van der Waals surface area contributed by atoms with Crippen LogP contribution in [0.3, 0.4) is 0 Å². The van der Waals surface area contributed by atoms with Gasteiger partial charge in [0, 0.05) is 47.1 Å². The predicted molar refractivity (Wildman–Crippen MR) is 130 cm³/mol. The standard InChI is InChI=1S/C25H27ClN4O3/c1-33-21-9-10-23(27-14-21)22-15-30(20-4-2-3-17(13-20)16-31)12-11-24(22)29-25(32)28-19-7-5-18(26)6-8-19/h2-10,13-14,22,24,31H,11-12,15-16H2,1H3,(H2,28,29,32). The molecule has 0 aliphatic carbocycles. The molecule has 2 unspecified atom stereocenters. The van der Waals surface area contributed by atoms with E-state index in [2.05, 4.69) is 20.5 Å². The quantitative estimate of drug-likeness (QED) is 0.500. The number of aromatic nitrogens is 1. The zero-order valence-electron chi connectivity index (χ0n) is 18.4. The Balaban J connectivity index is 1.53. The third kappa shape index (κ3) is 5.74. The molecule has 8 heteroatoms. The lowest BCUT2D eigenvalue weighted by Crippen LogP contribution is -2.51. The number of nitrogens with one attached hydrogen (secondary N) is 2. The van der Waals surface area contributed by atoms with Crippen LogP contribution in [-0.2, 0) is 6.61 Å². The molecule has 2 aromatic carbocycles. The highest BCUT2D eigenvalue weighted by Crippen LogP contribution is 2.31. The zero-order valence-corrected chi connectivity index (χ0v) is 19.1. The van der Waals surface area contributed by atoms with Gasteiger partial charge in [0.1, 0.15) is 5.75 Å². The average Bonchev–Trinajstić information content (AvgIpc) is 2.86. The van der Waals surface area contributed by atoms with Gasteiger partial charge in [0.15, 0.2) is 0 Å². The number of piperidine rings is 1. The summed E-state index contributed by atoms with van der Waals surface area (Å²) in [5.74, 6) is 0.658. The maximum absolute atomic E-state index is 12.7. The third-order valence-electron chi connectivity index (χ3n) is 5.86. The second kappa shape index (κ2) is 10.6. The number of urea groups is 1. The molecule has 0 bridgehead atoms. The van der Waals surface area contributed by atoms with E-state index in [0.29, 0.717) is 23.0 Å². The number of hydrogen-bond donors (Lipinski definition) is 3. The summed E-state index contributed by atoms with van der Waals surface area (Å²) in [4.78, 5) is 19.6. The third-order valence-corrected chi connectivity index (χ3v) is 6.12. The second-order valence-corrected chi connectivity index (χ2v) is 8.44. The van der Waals surface area contributed by atoms with Crippen LogP contribution in [0, 0.1) is 0 Å². The first-order chi connectivity index (χ1) is 16.1. The van der Waals surface area contributed by atoms with Crippen LogP contribution in [0.25, 0.3) is 0 Å². The molecule has 3 N–H and O–H groups in total. The maximum Gasteiger partial charge on any atom is 0.319 e. The van der Waals surface area contributed by atoms with Crippen molar-refractivity contribution in [1.82, 2.24) is 10.3 Å². The highest BCUT2D eigenvalue weighted by Gasteiger charge is 2.33. The van der Waals surface area contributed by atoms with E-state index in [4.69, 9.17) is 16.3 Å². The lowest BCUT2D eigenvalue weighted by atomic mass is 9.88. The normalized spacial score (nSPS) is 18.0. The number of amides is 2. The number of carbonyl (C=O) groups excluding carboxylic acids is 1. The maximum atomic E-state index is 12.7. The molecule has 172 valence electrons. The van der Waals surface area contributed by atoms with Gasteiger partial charge in [0.05, 0.1) is 19.9 Å². The molecule has 3 aromatic rings. The van der Waals surface area contributed by atoms with Crippen molar-refractivity contribution in [3.63, 3.8) is 0 Å². The Hall–Kier alpha value is -3.29. The van der Waals surface area contributed by atoms with Crippen molar-refractivity contribution in [1.29, 1.82) is 0 Å². The minimum atomic E-state index is -0.267. The Labute approximate surface area is 198 Å². The van der Waals surface area contributed by atoms with Crippen LogP contribution in [0.1, 0.15) is 23.6 Å². The van der Waals surface area contributed by atoms with Crippen LogP contribution < -0.4 is 20.3 Å². The van der Waals surface area contributed by atoms with E-state index in [1.54, 1.807) is 37.6 Å². The molecular weight excluding hydrogens is 440 g/mol. The molecule has 0 spiro atoms. The van der Waals surface area contributed by atoms with Gasteiger partial charge in [-0.15, -0.1) is 0 Å². The van der Waals surface area contributed by atoms with Crippen LogP contribution in [0.15, 0.2) is 66.9 Å². The van der Waals surface area contributed by atoms with Crippen LogP contribution >= 0.6 is 11.6 Å². The average molecular weight is 467 g/mol. The number of hydrogen-bond acceptors (Lipinski definition) is 5. The summed E-state index contributed by atoms with van der Waals surface area (Å²) in [5.41, 5.74) is 3.48. The van der Waals surface area contributed by atoms with Gasteiger partial charge in [0.2, 0.25) is 0 Å². The second-order valence-electron chi connectivity index (χ2n) is 8.00. The minimum Gasteiger partial charge on any atom is -0.495 e. The topological polar surface area (TPSA) is 86.7 Å². The number of aliphatic hydroxyl groups excluding tert-OH is 1. The predicted octanol–water partition coefficient (Wildman–Crippen LogP) is 4.42. The summed E-state index contributed by atoms with van der Waals surface area (Å²) < 4.78 is 5.25. The van der Waals surface area contributed by atoms with Crippen molar-refractivity contribution in [3.05, 3.63) is 83.1 Å². The summed E-state index contributed by atoms with van der Waals surface area (Å²) in [6.07, 6.45) is 2.45. The summed E-state index contributed by atoms with van der Waals surface area (Å²) in [5, 5.41) is 16.1. The highest BCUT2D eigenvalue weighted by molar-refractivity contribution is 6.30. The number of nitrogens with zero attached hydrogens (tertiary/aromatic N) is 2. The number of aliphatic hydroxyl groups is 1. The molecule has 33 heavy (non-hydrogen) atoms. The number of methoxy groups -OCH3 is 1. The summed E-state index contributed by atoms with van der Waals surface area (Å²) in [6, 6.07) is 18.4. The number of pyridine rings is 1. The van der Waals surface area contributed by atoms with Crippen molar-refractivity contribution < 1.29 is 14.6 Å². The molecular formula is C25H27ClN4O3. The Bertz CT molecular complexity index is 1080. The molecule has 2 heterocycles. The van der Waals surface area contributed by atoms with Crippen LogP contribution in [-0.4, -0.2) is 42.4 Å². The van der Waals surface area contributed by atoms with Crippen molar-refractivity contribution >= 4 is 29.0 Å². The molecule has 7 nitrogen and oxygen atoms in total. The van der Waals surface area contributed by atoms with Gasteiger partial charge in [-0.2, -0.15) is 0 Å². The molecule has 1 aliphatic heterocycles. The molecule has 2 atom stereocenters. The van der Waals surface area contributed by atoms with Gasteiger partial charge in [-0.05, 0) is 60.5 Å². The molecule has 1 saturated heterocycles. The Kier molecular flexibility index (Phi) is 7.32. The van der Waals surface area contributed by atoms with Crippen molar-refractivity contribution in [2.24, 2.45) is 0 Å². The molecule has 1 aliphatic rings. The fourth-order valence-electron chi connectivity index (χ4n) is 4.11. The Morgan fingerprint density at radius 1 is 1.21 bits per heavy atom. The van der Waals surface area contributed by atoms with Gasteiger partial charge in [-0.1, -0.05) is 23.7 Å². The van der Waals surface area contributed by atoms with Gasteiger partial charge in [0.25, 0.3) is 0 Å². The van der Waals surface area contributed by atoms with Gasteiger partial charge < -0.3 is 25.4 Å². The van der Waals surface area contributed by atoms with E-state index in [9.17, 15) is 9.90 Å². The number of rotatable bonds is 6. The molecule has 1 fully saturated rings. The molecule has 2 amide bonds. The first-order valence-electron chi connectivity index (χ1n) is 10.8. The lowest BCUT2D eigenvalue weighted by molar-refractivity contribution is 0.243. The largest absolute Gasteiger partial charge is 0.495 e. The number of anilines is 2. The monoisotopic (exact) mass is 466 g/mol. The number of benzene rings is 2. The Morgan fingerprint density at radius 3 is 2.73 bits per heavy atom. The summed E-state index contributed by atoms with van der Waals surface area (Å²) in [7, 11) is 1.61. The Morgan fingerprint density at radius 2 is 2.03 bits per heavy atom. The van der Waals surface area contributed by atoms with E-state index < -0.39 is 0 Å². The molecule has 0 saturated carbocycles. The first kappa shape index (κ1) is 22.9. The van der Waals surface area contributed by atoms with E-state index in [1.807, 2.05) is 36.4 Å². The van der Waals surface area contributed by atoms with E-state index in [0.717, 1.165) is 29.9 Å². The van der Waals surface area contributed by atoms with Crippen LogP contribution in [0.2, 0.25) is 5.02 Å². The van der Waals surface area contributed by atoms with E-state index in [-0.39, 0.29) is 24.6 Å². The fourth-order valence-corrected chi connectivity index (χ4v) is 4.24. The first-order valence-corrected chi connectivity index (χ1v) is 11.2. The fraction of sp³-hybridized carbons (Fsp3) is 0.280. The van der Waals surface area contributed by atoms with E-state index in [1.165, 1.54) is 0 Å². The molecule has 0 radical (unpaired) electrons. The van der Waals surface area contributed by atoms with Gasteiger partial charge >= 0.3 is 6.03 Å². The lowest BCUT2D eigenvalue weighted by Gasteiger charge is -2.40. The molecule has 1 aromatic heterocycles. The summed E-state index contributed by atoms with van der Waals surface area (Å²) in [6.45, 7) is 1.45. The zero-order chi connectivity index (χ0) is 23.2. The summed E-state index contributed by atoms with van der Waals surface area (Å²) >= 11 is 5.93. The van der Waals surface area contributed by atoms with Crippen LogP contribution in [0.4, 0.5) is 16.2 Å². The van der Waals surface area contributed by atoms with Gasteiger partial charge in [-0.3, -0.25) is 4.98 Å². The SMILES string of the molecule is COc1ccc(C2CN(c3cccc(CO)c3)CCC2NC(=O)Nc2ccc(Cl)cc2)nc1. The minimum absolute atomic E-state index is 0.000192. The van der Waals surface area contributed by atoms with Crippen molar-refractivity contribution in [2.75, 3.05) is 30.4 Å². The molecule has 4 rings (SSSR count). The van der Waals surface area contributed by atoms with Crippen molar-refractivity contribution in [3.8, 4) is 5.75 Å². The number of carbonyl (C=O) groups is 1. The van der Waals surface area contributed by atoms with E-state index >= 15 is 0 Å². The highest BCUT2D eigenvalue weighted by atomic mass is 35.5. The number of halogens is 1. The smallest absolute Gasteiger partial charge is 0.319 e. The number of ether oxygens (including phenoxy) is 1. The van der Waals surface area contributed by atoms with Gasteiger partial charge in [-0.25, -0.2) is 4.79 Å². The van der Waals surface area contributed by atoms with Crippen molar-refractivity contribution in [2.45, 2.75) is 25.0 Å².